The molecular formula is C9H6F3N3O2. The highest BCUT2D eigenvalue weighted by Gasteiger charge is 2.39. The summed E-state index contributed by atoms with van der Waals surface area (Å²) in [6.07, 6.45) is -4.89. The zero-order valence-corrected chi connectivity index (χ0v) is 8.28. The van der Waals surface area contributed by atoms with Crippen LogP contribution in [0.25, 0.3) is 0 Å². The van der Waals surface area contributed by atoms with Gasteiger partial charge in [0.25, 0.3) is 5.69 Å². The van der Waals surface area contributed by atoms with Crippen LogP contribution in [-0.4, -0.2) is 4.92 Å². The van der Waals surface area contributed by atoms with E-state index in [-0.39, 0.29) is 17.7 Å². The standard InChI is InChI=1S/C9H6F3N3O2/c10-9(11,12)7-1-5(3-13)6(4-14)2-8(7)15(16)17/h1-2H,4,14H2. The molecule has 1 aromatic carbocycles. The van der Waals surface area contributed by atoms with Gasteiger partial charge in [-0.05, 0) is 11.6 Å². The van der Waals surface area contributed by atoms with E-state index in [1.54, 1.807) is 0 Å². The van der Waals surface area contributed by atoms with E-state index < -0.39 is 22.4 Å². The minimum Gasteiger partial charge on any atom is -0.326 e. The molecule has 0 bridgehead atoms. The summed E-state index contributed by atoms with van der Waals surface area (Å²) < 4.78 is 37.5. The first kappa shape index (κ1) is 12.9. The molecular weight excluding hydrogens is 239 g/mol. The van der Waals surface area contributed by atoms with Gasteiger partial charge in [-0.25, -0.2) is 0 Å². The Morgan fingerprint density at radius 2 is 2.06 bits per heavy atom. The van der Waals surface area contributed by atoms with E-state index in [1.807, 2.05) is 0 Å². The zero-order chi connectivity index (χ0) is 13.2. The van der Waals surface area contributed by atoms with E-state index in [1.165, 1.54) is 6.07 Å². The van der Waals surface area contributed by atoms with Gasteiger partial charge in [-0.3, -0.25) is 10.1 Å². The zero-order valence-electron chi connectivity index (χ0n) is 8.28. The topological polar surface area (TPSA) is 92.9 Å². The molecule has 0 aromatic heterocycles. The summed E-state index contributed by atoms with van der Waals surface area (Å²) in [5.41, 5.74) is 2.34. The molecule has 0 radical (unpaired) electrons. The highest BCUT2D eigenvalue weighted by molar-refractivity contribution is 5.52. The normalized spacial score (nSPS) is 11.0. The first-order valence-corrected chi connectivity index (χ1v) is 4.30. The van der Waals surface area contributed by atoms with Gasteiger partial charge in [0.15, 0.2) is 0 Å². The number of halogens is 3. The number of hydrogen-bond acceptors (Lipinski definition) is 4. The van der Waals surface area contributed by atoms with Gasteiger partial charge >= 0.3 is 6.18 Å². The third-order valence-corrected chi connectivity index (χ3v) is 2.06. The van der Waals surface area contributed by atoms with Crippen molar-refractivity contribution in [2.45, 2.75) is 12.7 Å². The van der Waals surface area contributed by atoms with Crippen molar-refractivity contribution in [1.82, 2.24) is 0 Å². The van der Waals surface area contributed by atoms with E-state index in [4.69, 9.17) is 11.0 Å². The molecule has 2 N–H and O–H groups in total. The molecule has 0 saturated heterocycles. The van der Waals surface area contributed by atoms with Gasteiger partial charge in [-0.15, -0.1) is 0 Å². The summed E-state index contributed by atoms with van der Waals surface area (Å²) in [7, 11) is 0. The van der Waals surface area contributed by atoms with Crippen LogP contribution in [0.15, 0.2) is 12.1 Å². The molecule has 0 spiro atoms. The minimum absolute atomic E-state index is 0.00667. The molecule has 0 aliphatic carbocycles. The predicted molar refractivity (Wildman–Crippen MR) is 50.7 cm³/mol. The second-order valence-corrected chi connectivity index (χ2v) is 3.10. The molecule has 90 valence electrons. The Balaban J connectivity index is 3.59. The molecule has 8 heteroatoms. The monoisotopic (exact) mass is 245 g/mol. The van der Waals surface area contributed by atoms with Crippen LogP contribution in [0.3, 0.4) is 0 Å². The van der Waals surface area contributed by atoms with Crippen molar-refractivity contribution >= 4 is 5.69 Å². The molecule has 0 heterocycles. The SMILES string of the molecule is N#Cc1cc(C(F)(F)F)c([N+](=O)[O-])cc1CN. The van der Waals surface area contributed by atoms with Crippen LogP contribution < -0.4 is 5.73 Å². The van der Waals surface area contributed by atoms with Gasteiger partial charge < -0.3 is 5.73 Å². The lowest BCUT2D eigenvalue weighted by molar-refractivity contribution is -0.388. The van der Waals surface area contributed by atoms with Crippen LogP contribution in [0, 0.1) is 21.4 Å². The Hall–Kier alpha value is -2.14. The third kappa shape index (κ3) is 2.51. The van der Waals surface area contributed by atoms with Crippen LogP contribution in [0.1, 0.15) is 16.7 Å². The Labute approximate surface area is 93.4 Å². The van der Waals surface area contributed by atoms with E-state index in [9.17, 15) is 23.3 Å². The van der Waals surface area contributed by atoms with Gasteiger partial charge in [-0.1, -0.05) is 0 Å². The molecule has 0 atom stereocenters. The van der Waals surface area contributed by atoms with Crippen molar-refractivity contribution in [2.24, 2.45) is 5.73 Å². The molecule has 0 aliphatic rings. The van der Waals surface area contributed by atoms with Crippen LogP contribution in [-0.2, 0) is 12.7 Å². The van der Waals surface area contributed by atoms with E-state index in [2.05, 4.69) is 0 Å². The van der Waals surface area contributed by atoms with E-state index in [0.29, 0.717) is 12.1 Å². The average molecular weight is 245 g/mol. The minimum atomic E-state index is -4.89. The summed E-state index contributed by atoms with van der Waals surface area (Å²) in [6.45, 7) is -0.248. The maximum Gasteiger partial charge on any atom is 0.423 e. The quantitative estimate of drug-likeness (QED) is 0.636. The maximum atomic E-state index is 12.5. The Bertz CT molecular complexity index is 505. The third-order valence-electron chi connectivity index (χ3n) is 2.06. The fourth-order valence-electron chi connectivity index (χ4n) is 1.28. The molecule has 5 nitrogen and oxygen atoms in total. The Kier molecular flexibility index (Phi) is 3.34. The fraction of sp³-hybridized carbons (Fsp3) is 0.222. The predicted octanol–water partition coefficient (Wildman–Crippen LogP) is 1.94. The van der Waals surface area contributed by atoms with Crippen molar-refractivity contribution in [1.29, 1.82) is 5.26 Å². The number of hydrogen-bond donors (Lipinski definition) is 1. The average Bonchev–Trinajstić information content (AvgIpc) is 2.25. The first-order chi connectivity index (χ1) is 7.81. The lowest BCUT2D eigenvalue weighted by Gasteiger charge is -2.09. The lowest BCUT2D eigenvalue weighted by Crippen LogP contribution is -2.11. The van der Waals surface area contributed by atoms with Crippen LogP contribution in [0.5, 0.6) is 0 Å². The highest BCUT2D eigenvalue weighted by atomic mass is 19.4. The van der Waals surface area contributed by atoms with Crippen molar-refractivity contribution in [3.05, 3.63) is 38.9 Å². The van der Waals surface area contributed by atoms with Gasteiger partial charge in [0.1, 0.15) is 5.56 Å². The Morgan fingerprint density at radius 3 is 2.41 bits per heavy atom. The number of nitrogens with two attached hydrogens (primary N) is 1. The summed E-state index contributed by atoms with van der Waals surface area (Å²) in [5, 5.41) is 19.1. The van der Waals surface area contributed by atoms with Crippen molar-refractivity contribution in [3.8, 4) is 6.07 Å². The van der Waals surface area contributed by atoms with E-state index >= 15 is 0 Å². The van der Waals surface area contributed by atoms with Crippen LogP contribution >= 0.6 is 0 Å². The van der Waals surface area contributed by atoms with Gasteiger partial charge in [0.2, 0.25) is 0 Å². The van der Waals surface area contributed by atoms with Gasteiger partial charge in [0.05, 0.1) is 16.6 Å². The van der Waals surface area contributed by atoms with E-state index in [0.717, 1.165) is 0 Å². The fourth-order valence-corrected chi connectivity index (χ4v) is 1.28. The van der Waals surface area contributed by atoms with Gasteiger partial charge in [0, 0.05) is 12.6 Å². The summed E-state index contributed by atoms with van der Waals surface area (Å²) in [5.74, 6) is 0. The van der Waals surface area contributed by atoms with Crippen LogP contribution in [0.4, 0.5) is 18.9 Å². The van der Waals surface area contributed by atoms with Crippen molar-refractivity contribution in [2.75, 3.05) is 0 Å². The number of nitro benzene ring substituents is 1. The molecule has 1 rings (SSSR count). The molecule has 0 aliphatic heterocycles. The molecule has 17 heavy (non-hydrogen) atoms. The molecule has 0 fully saturated rings. The second kappa shape index (κ2) is 4.39. The number of nitro groups is 1. The van der Waals surface area contributed by atoms with Gasteiger partial charge in [-0.2, -0.15) is 18.4 Å². The largest absolute Gasteiger partial charge is 0.423 e. The molecule has 1 aromatic rings. The number of benzene rings is 1. The summed E-state index contributed by atoms with van der Waals surface area (Å²) >= 11 is 0. The van der Waals surface area contributed by atoms with Crippen molar-refractivity contribution < 1.29 is 18.1 Å². The number of alkyl halides is 3. The van der Waals surface area contributed by atoms with Crippen molar-refractivity contribution in [3.63, 3.8) is 0 Å². The summed E-state index contributed by atoms with van der Waals surface area (Å²) in [6, 6.07) is 2.65. The maximum absolute atomic E-state index is 12.5. The Morgan fingerprint density at radius 1 is 1.47 bits per heavy atom. The van der Waals surface area contributed by atoms with Crippen LogP contribution in [0.2, 0.25) is 0 Å². The number of nitriles is 1. The highest BCUT2D eigenvalue weighted by Crippen LogP contribution is 2.37. The first-order valence-electron chi connectivity index (χ1n) is 4.30. The second-order valence-electron chi connectivity index (χ2n) is 3.10. The number of rotatable bonds is 2. The molecule has 0 unspecified atom stereocenters. The molecule has 0 saturated carbocycles. The lowest BCUT2D eigenvalue weighted by atomic mass is 10.0. The molecule has 0 amide bonds. The number of nitrogens with zero attached hydrogens (tertiary/aromatic N) is 2. The summed E-state index contributed by atoms with van der Waals surface area (Å²) in [4.78, 5) is 9.37. The smallest absolute Gasteiger partial charge is 0.326 e.